The van der Waals surface area contributed by atoms with Crippen LogP contribution in [0.3, 0.4) is 0 Å². The highest BCUT2D eigenvalue weighted by molar-refractivity contribution is 6.00. The van der Waals surface area contributed by atoms with Crippen molar-refractivity contribution in [3.63, 3.8) is 0 Å². The average Bonchev–Trinajstić information content (AvgIpc) is 2.13. The number of Topliss-reactive ketones (excluding diaryl/α,β-unsaturated/α-hetero) is 1. The molecule has 1 atom stereocenters. The van der Waals surface area contributed by atoms with Crippen molar-refractivity contribution in [2.45, 2.75) is 26.2 Å². The Morgan fingerprint density at radius 1 is 1.50 bits per heavy atom. The van der Waals surface area contributed by atoms with Crippen LogP contribution < -0.4 is 5.32 Å². The molecular formula is C8H14ClNO2. The van der Waals surface area contributed by atoms with E-state index in [4.69, 9.17) is 0 Å². The Labute approximate surface area is 78.3 Å². The molecule has 0 aromatic rings. The summed E-state index contributed by atoms with van der Waals surface area (Å²) in [5.41, 5.74) is 0. The zero-order valence-corrected chi connectivity index (χ0v) is 7.95. The largest absolute Gasteiger partial charge is 0.355 e. The van der Waals surface area contributed by atoms with E-state index in [0.717, 1.165) is 25.8 Å². The Balaban J connectivity index is 0.00000121. The van der Waals surface area contributed by atoms with Crippen molar-refractivity contribution in [2.24, 2.45) is 5.92 Å². The van der Waals surface area contributed by atoms with E-state index in [1.54, 1.807) is 0 Å². The van der Waals surface area contributed by atoms with E-state index in [2.05, 4.69) is 5.32 Å². The number of carbonyl (C=O) groups is 2. The molecule has 1 saturated heterocycles. The fourth-order valence-corrected chi connectivity index (χ4v) is 1.33. The standard InChI is InChI=1S/C8H13NO2.ClH/c1-6(10)7-4-2-3-5-9-8(7)11;/h7H,2-5H2,1H3,(H,9,11);1H. The second-order valence-electron chi connectivity index (χ2n) is 2.95. The maximum atomic E-state index is 11.1. The third-order valence-corrected chi connectivity index (χ3v) is 2.03. The average molecular weight is 192 g/mol. The number of hydrogen-bond donors (Lipinski definition) is 1. The van der Waals surface area contributed by atoms with Crippen molar-refractivity contribution in [3.8, 4) is 0 Å². The van der Waals surface area contributed by atoms with Crippen LogP contribution in [0.25, 0.3) is 0 Å². The monoisotopic (exact) mass is 191 g/mol. The van der Waals surface area contributed by atoms with Crippen LogP contribution in [0.2, 0.25) is 0 Å². The molecule has 70 valence electrons. The minimum absolute atomic E-state index is 0. The quantitative estimate of drug-likeness (QED) is 0.627. The van der Waals surface area contributed by atoms with Crippen LogP contribution in [0, 0.1) is 5.92 Å². The van der Waals surface area contributed by atoms with Crippen LogP contribution in [0.1, 0.15) is 26.2 Å². The summed E-state index contributed by atoms with van der Waals surface area (Å²) in [6.07, 6.45) is 2.69. The third kappa shape index (κ3) is 2.81. The molecule has 4 heteroatoms. The SMILES string of the molecule is CC(=O)C1CCCCNC1=O.Cl. The van der Waals surface area contributed by atoms with Gasteiger partial charge in [-0.1, -0.05) is 6.42 Å². The van der Waals surface area contributed by atoms with Crippen molar-refractivity contribution in [1.29, 1.82) is 0 Å². The van der Waals surface area contributed by atoms with Gasteiger partial charge in [-0.05, 0) is 19.8 Å². The second kappa shape index (κ2) is 5.14. The van der Waals surface area contributed by atoms with Gasteiger partial charge < -0.3 is 5.32 Å². The van der Waals surface area contributed by atoms with Crippen LogP contribution >= 0.6 is 12.4 Å². The van der Waals surface area contributed by atoms with E-state index in [9.17, 15) is 9.59 Å². The van der Waals surface area contributed by atoms with Crippen molar-refractivity contribution in [2.75, 3.05) is 6.54 Å². The van der Waals surface area contributed by atoms with Gasteiger partial charge in [-0.25, -0.2) is 0 Å². The normalized spacial score (nSPS) is 23.4. The number of amides is 1. The van der Waals surface area contributed by atoms with Crippen molar-refractivity contribution in [3.05, 3.63) is 0 Å². The third-order valence-electron chi connectivity index (χ3n) is 2.03. The van der Waals surface area contributed by atoms with Gasteiger partial charge in [0.15, 0.2) is 0 Å². The van der Waals surface area contributed by atoms with Crippen LogP contribution in [0.15, 0.2) is 0 Å². The fourth-order valence-electron chi connectivity index (χ4n) is 1.33. The molecule has 0 bridgehead atoms. The molecule has 1 amide bonds. The molecule has 0 aromatic heterocycles. The minimum Gasteiger partial charge on any atom is -0.355 e. The molecule has 3 nitrogen and oxygen atoms in total. The lowest BCUT2D eigenvalue weighted by Crippen LogP contribution is -2.32. The van der Waals surface area contributed by atoms with Gasteiger partial charge in [-0.2, -0.15) is 0 Å². The van der Waals surface area contributed by atoms with Gasteiger partial charge in [0.1, 0.15) is 5.78 Å². The minimum atomic E-state index is -0.377. The Kier molecular flexibility index (Phi) is 4.90. The summed E-state index contributed by atoms with van der Waals surface area (Å²) in [6, 6.07) is 0. The number of hydrogen-bond acceptors (Lipinski definition) is 2. The van der Waals surface area contributed by atoms with Crippen LogP contribution in [-0.4, -0.2) is 18.2 Å². The molecule has 1 rings (SSSR count). The summed E-state index contributed by atoms with van der Waals surface area (Å²) < 4.78 is 0. The number of nitrogens with one attached hydrogen (secondary N) is 1. The Morgan fingerprint density at radius 2 is 2.17 bits per heavy atom. The Hall–Kier alpha value is -0.570. The van der Waals surface area contributed by atoms with Crippen molar-refractivity contribution >= 4 is 24.1 Å². The predicted octanol–water partition coefficient (Wildman–Crippen LogP) is 0.913. The first-order chi connectivity index (χ1) is 5.22. The molecule has 0 aromatic carbocycles. The lowest BCUT2D eigenvalue weighted by molar-refractivity contribution is -0.132. The van der Waals surface area contributed by atoms with E-state index in [-0.39, 0.29) is 30.0 Å². The summed E-state index contributed by atoms with van der Waals surface area (Å²) >= 11 is 0. The molecule has 0 aliphatic carbocycles. The van der Waals surface area contributed by atoms with E-state index < -0.39 is 0 Å². The van der Waals surface area contributed by atoms with Gasteiger partial charge in [-0.3, -0.25) is 9.59 Å². The first-order valence-electron chi connectivity index (χ1n) is 4.00. The molecule has 0 radical (unpaired) electrons. The van der Waals surface area contributed by atoms with Gasteiger partial charge in [0.2, 0.25) is 5.91 Å². The molecule has 1 unspecified atom stereocenters. The molecule has 1 aliphatic rings. The van der Waals surface area contributed by atoms with E-state index in [0.29, 0.717) is 0 Å². The number of ketones is 1. The zero-order chi connectivity index (χ0) is 8.27. The van der Waals surface area contributed by atoms with Gasteiger partial charge >= 0.3 is 0 Å². The van der Waals surface area contributed by atoms with Gasteiger partial charge in [0.05, 0.1) is 5.92 Å². The van der Waals surface area contributed by atoms with Gasteiger partial charge in [0, 0.05) is 6.54 Å². The zero-order valence-electron chi connectivity index (χ0n) is 7.13. The van der Waals surface area contributed by atoms with Gasteiger partial charge in [-0.15, -0.1) is 12.4 Å². The van der Waals surface area contributed by atoms with E-state index in [1.165, 1.54) is 6.92 Å². The molecule has 1 heterocycles. The van der Waals surface area contributed by atoms with E-state index in [1.807, 2.05) is 0 Å². The topological polar surface area (TPSA) is 46.2 Å². The van der Waals surface area contributed by atoms with Crippen molar-refractivity contribution < 1.29 is 9.59 Å². The maximum absolute atomic E-state index is 11.1. The summed E-state index contributed by atoms with van der Waals surface area (Å²) in [7, 11) is 0. The highest BCUT2D eigenvalue weighted by atomic mass is 35.5. The predicted molar refractivity (Wildman–Crippen MR) is 48.3 cm³/mol. The van der Waals surface area contributed by atoms with Crippen LogP contribution in [0.5, 0.6) is 0 Å². The second-order valence-corrected chi connectivity index (χ2v) is 2.95. The lowest BCUT2D eigenvalue weighted by atomic mass is 9.99. The smallest absolute Gasteiger partial charge is 0.230 e. The highest BCUT2D eigenvalue weighted by Crippen LogP contribution is 2.12. The Bertz CT molecular complexity index is 182. The lowest BCUT2D eigenvalue weighted by Gasteiger charge is -2.07. The number of halogens is 1. The molecule has 1 fully saturated rings. The molecule has 12 heavy (non-hydrogen) atoms. The first kappa shape index (κ1) is 11.4. The van der Waals surface area contributed by atoms with Crippen molar-refractivity contribution in [1.82, 2.24) is 5.32 Å². The summed E-state index contributed by atoms with van der Waals surface area (Å²) in [6.45, 7) is 2.21. The van der Waals surface area contributed by atoms with Crippen LogP contribution in [-0.2, 0) is 9.59 Å². The molecule has 0 saturated carbocycles. The van der Waals surface area contributed by atoms with Gasteiger partial charge in [0.25, 0.3) is 0 Å². The van der Waals surface area contributed by atoms with Crippen LogP contribution in [0.4, 0.5) is 0 Å². The summed E-state index contributed by atoms with van der Waals surface area (Å²) in [4.78, 5) is 22.0. The first-order valence-corrected chi connectivity index (χ1v) is 4.00. The molecular weight excluding hydrogens is 178 g/mol. The number of rotatable bonds is 1. The Morgan fingerprint density at radius 3 is 2.75 bits per heavy atom. The molecule has 1 aliphatic heterocycles. The molecule has 1 N–H and O–H groups in total. The highest BCUT2D eigenvalue weighted by Gasteiger charge is 2.23. The summed E-state index contributed by atoms with van der Waals surface area (Å²) in [5, 5.41) is 2.72. The number of carbonyl (C=O) groups excluding carboxylic acids is 2. The summed E-state index contributed by atoms with van der Waals surface area (Å²) in [5.74, 6) is -0.475. The molecule has 0 spiro atoms. The van der Waals surface area contributed by atoms with E-state index >= 15 is 0 Å². The fraction of sp³-hybridized carbons (Fsp3) is 0.750. The maximum Gasteiger partial charge on any atom is 0.230 e.